The second kappa shape index (κ2) is 9.75. The van der Waals surface area contributed by atoms with Crippen molar-refractivity contribution >= 4 is 5.97 Å². The highest BCUT2D eigenvalue weighted by Gasteiger charge is 2.09. The highest BCUT2D eigenvalue weighted by Crippen LogP contribution is 2.08. The second-order valence-electron chi connectivity index (χ2n) is 3.71. The summed E-state index contributed by atoms with van der Waals surface area (Å²) in [5.41, 5.74) is 0. The number of unbranched alkanes of at least 4 members (excludes halogenated alkanes) is 1. The lowest BCUT2D eigenvalue weighted by atomic mass is 10.1. The molecule has 0 fully saturated rings. The maximum atomic E-state index is 11.1. The highest BCUT2D eigenvalue weighted by molar-refractivity contribution is 5.69. The zero-order valence-electron chi connectivity index (χ0n) is 10.3. The van der Waals surface area contributed by atoms with E-state index in [-0.39, 0.29) is 12.1 Å². The summed E-state index contributed by atoms with van der Waals surface area (Å²) in [4.78, 5) is 11.1. The van der Waals surface area contributed by atoms with E-state index in [1.165, 1.54) is 6.42 Å². The molecule has 0 radical (unpaired) electrons. The second-order valence-corrected chi connectivity index (χ2v) is 3.71. The summed E-state index contributed by atoms with van der Waals surface area (Å²) >= 11 is 0. The van der Waals surface area contributed by atoms with Gasteiger partial charge < -0.3 is 4.74 Å². The van der Waals surface area contributed by atoms with Gasteiger partial charge in [-0.2, -0.15) is 0 Å². The molecule has 1 unspecified atom stereocenters. The lowest BCUT2D eigenvalue weighted by Crippen LogP contribution is -2.16. The van der Waals surface area contributed by atoms with Crippen LogP contribution in [0.1, 0.15) is 59.3 Å². The molecule has 0 heterocycles. The van der Waals surface area contributed by atoms with Crippen molar-refractivity contribution in [2.24, 2.45) is 0 Å². The Morgan fingerprint density at radius 1 is 1.20 bits per heavy atom. The molecule has 2 heteroatoms. The van der Waals surface area contributed by atoms with Crippen LogP contribution in [0.5, 0.6) is 0 Å². The van der Waals surface area contributed by atoms with Crippen molar-refractivity contribution < 1.29 is 9.53 Å². The number of ether oxygens (including phenoxy) is 1. The molecule has 15 heavy (non-hydrogen) atoms. The Bertz CT molecular complexity index is 185. The first-order chi connectivity index (χ1) is 7.24. The van der Waals surface area contributed by atoms with Gasteiger partial charge in [0.05, 0.1) is 0 Å². The number of hydrogen-bond acceptors (Lipinski definition) is 2. The molecule has 0 saturated heterocycles. The van der Waals surface area contributed by atoms with Gasteiger partial charge in [0.2, 0.25) is 0 Å². The Kier molecular flexibility index (Phi) is 9.24. The largest absolute Gasteiger partial charge is 0.462 e. The smallest absolute Gasteiger partial charge is 0.305 e. The van der Waals surface area contributed by atoms with Gasteiger partial charge in [-0.3, -0.25) is 4.79 Å². The molecular formula is C13H24O2. The van der Waals surface area contributed by atoms with Crippen LogP contribution in [0.3, 0.4) is 0 Å². The van der Waals surface area contributed by atoms with Gasteiger partial charge >= 0.3 is 5.97 Å². The van der Waals surface area contributed by atoms with Gasteiger partial charge in [0.1, 0.15) is 6.10 Å². The maximum absolute atomic E-state index is 11.1. The monoisotopic (exact) mass is 212 g/mol. The van der Waals surface area contributed by atoms with E-state index in [0.717, 1.165) is 25.7 Å². The van der Waals surface area contributed by atoms with Gasteiger partial charge in [-0.15, -0.1) is 0 Å². The first-order valence-corrected chi connectivity index (χ1v) is 6.09. The zero-order valence-corrected chi connectivity index (χ0v) is 10.3. The van der Waals surface area contributed by atoms with E-state index < -0.39 is 0 Å². The molecule has 0 saturated carbocycles. The van der Waals surface area contributed by atoms with Crippen LogP contribution in [0.15, 0.2) is 12.2 Å². The van der Waals surface area contributed by atoms with Crippen molar-refractivity contribution in [3.63, 3.8) is 0 Å². The summed E-state index contributed by atoms with van der Waals surface area (Å²) in [6, 6.07) is 0. The standard InChI is InChI=1S/C13H24O2/c1-4-7-8-9-10-11-12(5-2)15-13(14)6-3/h8-9,12H,4-7,10-11H2,1-3H3. The molecule has 1 atom stereocenters. The summed E-state index contributed by atoms with van der Waals surface area (Å²) < 4.78 is 5.28. The molecule has 0 aliphatic heterocycles. The van der Waals surface area contributed by atoms with Crippen LogP contribution >= 0.6 is 0 Å². The Balaban J connectivity index is 3.65. The van der Waals surface area contributed by atoms with E-state index >= 15 is 0 Å². The summed E-state index contributed by atoms with van der Waals surface area (Å²) in [6.07, 6.45) is 10.2. The average Bonchev–Trinajstić information content (AvgIpc) is 2.26. The van der Waals surface area contributed by atoms with Gasteiger partial charge in [-0.1, -0.05) is 39.3 Å². The molecule has 0 aromatic heterocycles. The molecule has 0 amide bonds. The van der Waals surface area contributed by atoms with Gasteiger partial charge in [-0.25, -0.2) is 0 Å². The molecule has 0 aliphatic carbocycles. The molecule has 0 rings (SSSR count). The van der Waals surface area contributed by atoms with E-state index in [1.807, 2.05) is 6.92 Å². The van der Waals surface area contributed by atoms with E-state index in [1.54, 1.807) is 0 Å². The SMILES string of the molecule is CCCC=CCCC(CC)OC(=O)CC. The Morgan fingerprint density at radius 3 is 2.40 bits per heavy atom. The molecule has 0 aromatic rings. The van der Waals surface area contributed by atoms with E-state index in [0.29, 0.717) is 6.42 Å². The number of esters is 1. The minimum atomic E-state index is -0.0839. The van der Waals surface area contributed by atoms with Crippen LogP contribution in [-0.4, -0.2) is 12.1 Å². The maximum Gasteiger partial charge on any atom is 0.305 e. The minimum Gasteiger partial charge on any atom is -0.462 e. The van der Waals surface area contributed by atoms with Crippen LogP contribution in [0.4, 0.5) is 0 Å². The lowest BCUT2D eigenvalue weighted by molar-refractivity contribution is -0.149. The summed E-state index contributed by atoms with van der Waals surface area (Å²) in [6.45, 7) is 6.06. The van der Waals surface area contributed by atoms with Crippen molar-refractivity contribution in [3.8, 4) is 0 Å². The number of carbonyl (C=O) groups excluding carboxylic acids is 1. The molecule has 0 aromatic carbocycles. The molecule has 2 nitrogen and oxygen atoms in total. The fourth-order valence-electron chi connectivity index (χ4n) is 1.30. The van der Waals surface area contributed by atoms with Crippen LogP contribution in [0.25, 0.3) is 0 Å². The molecular weight excluding hydrogens is 188 g/mol. The van der Waals surface area contributed by atoms with Gasteiger partial charge in [-0.05, 0) is 25.7 Å². The number of carbonyl (C=O) groups is 1. The van der Waals surface area contributed by atoms with E-state index in [9.17, 15) is 4.79 Å². The predicted molar refractivity (Wildman–Crippen MR) is 63.7 cm³/mol. The molecule has 0 N–H and O–H groups in total. The van der Waals surface area contributed by atoms with E-state index in [4.69, 9.17) is 4.74 Å². The fraction of sp³-hybridized carbons (Fsp3) is 0.769. The predicted octanol–water partition coefficient (Wildman–Crippen LogP) is 3.85. The summed E-state index contributed by atoms with van der Waals surface area (Å²) in [5, 5.41) is 0. The van der Waals surface area contributed by atoms with Crippen LogP contribution in [0.2, 0.25) is 0 Å². The normalized spacial score (nSPS) is 13.0. The van der Waals surface area contributed by atoms with Gasteiger partial charge in [0.25, 0.3) is 0 Å². The minimum absolute atomic E-state index is 0.0839. The summed E-state index contributed by atoms with van der Waals surface area (Å²) in [7, 11) is 0. The van der Waals surface area contributed by atoms with E-state index in [2.05, 4.69) is 26.0 Å². The van der Waals surface area contributed by atoms with Crippen molar-refractivity contribution in [1.82, 2.24) is 0 Å². The van der Waals surface area contributed by atoms with Crippen molar-refractivity contribution in [2.75, 3.05) is 0 Å². The molecule has 0 aliphatic rings. The first kappa shape index (κ1) is 14.2. The van der Waals surface area contributed by atoms with Crippen LogP contribution < -0.4 is 0 Å². The van der Waals surface area contributed by atoms with Gasteiger partial charge in [0, 0.05) is 6.42 Å². The third kappa shape index (κ3) is 8.22. The average molecular weight is 212 g/mol. The lowest BCUT2D eigenvalue weighted by Gasteiger charge is -2.14. The highest BCUT2D eigenvalue weighted by atomic mass is 16.5. The fourth-order valence-corrected chi connectivity index (χ4v) is 1.30. The Morgan fingerprint density at radius 2 is 1.87 bits per heavy atom. The Hall–Kier alpha value is -0.790. The van der Waals surface area contributed by atoms with Crippen molar-refractivity contribution in [1.29, 1.82) is 0 Å². The number of hydrogen-bond donors (Lipinski definition) is 0. The van der Waals surface area contributed by atoms with Crippen LogP contribution in [0, 0.1) is 0 Å². The quantitative estimate of drug-likeness (QED) is 0.451. The zero-order chi connectivity index (χ0) is 11.5. The number of rotatable bonds is 8. The molecule has 0 bridgehead atoms. The number of allylic oxidation sites excluding steroid dienone is 2. The first-order valence-electron chi connectivity index (χ1n) is 6.09. The molecule has 88 valence electrons. The van der Waals surface area contributed by atoms with Gasteiger partial charge in [0.15, 0.2) is 0 Å². The van der Waals surface area contributed by atoms with Crippen molar-refractivity contribution in [2.45, 2.75) is 65.4 Å². The van der Waals surface area contributed by atoms with Crippen molar-refractivity contribution in [3.05, 3.63) is 12.2 Å². The molecule has 0 spiro atoms. The third-order valence-corrected chi connectivity index (χ3v) is 2.32. The topological polar surface area (TPSA) is 26.3 Å². The third-order valence-electron chi connectivity index (χ3n) is 2.32. The van der Waals surface area contributed by atoms with Crippen LogP contribution in [-0.2, 0) is 9.53 Å². The summed E-state index contributed by atoms with van der Waals surface area (Å²) in [5.74, 6) is -0.0839. The Labute approximate surface area is 93.7 Å².